The van der Waals surface area contributed by atoms with Gasteiger partial charge in [0.15, 0.2) is 6.10 Å². The number of esters is 3. The highest BCUT2D eigenvalue weighted by Crippen LogP contribution is 2.11. The van der Waals surface area contributed by atoms with Crippen molar-refractivity contribution in [2.45, 2.75) is 232 Å². The van der Waals surface area contributed by atoms with Crippen molar-refractivity contribution in [3.8, 4) is 0 Å². The zero-order valence-electron chi connectivity index (χ0n) is 52.4. The van der Waals surface area contributed by atoms with Crippen molar-refractivity contribution in [1.82, 2.24) is 0 Å². The van der Waals surface area contributed by atoms with Crippen molar-refractivity contribution in [1.29, 1.82) is 0 Å². The summed E-state index contributed by atoms with van der Waals surface area (Å²) in [6.07, 6.45) is 107. The summed E-state index contributed by atoms with van der Waals surface area (Å²) in [5.74, 6) is -1.06. The third kappa shape index (κ3) is 66.4. The van der Waals surface area contributed by atoms with Crippen LogP contribution in [-0.2, 0) is 28.6 Å². The maximum absolute atomic E-state index is 12.9. The van der Waals surface area contributed by atoms with Gasteiger partial charge in [0.05, 0.1) is 0 Å². The molecule has 0 aliphatic heterocycles. The van der Waals surface area contributed by atoms with Crippen molar-refractivity contribution in [2.75, 3.05) is 13.2 Å². The maximum Gasteiger partial charge on any atom is 0.306 e. The maximum atomic E-state index is 12.9. The predicted octanol–water partition coefficient (Wildman–Crippen LogP) is 22.5. The molecule has 0 bridgehead atoms. The standard InChI is InChI=1S/C77H114O6/c1-4-7-10-13-16-19-22-25-28-30-31-32-33-34-35-36-37-38-39-40-41-42-43-44-45-47-49-52-55-58-61-64-67-70-76(79)82-73-74(72-81-75(78)69-66-63-60-57-54-51-48-27-24-21-18-15-12-9-6-3)83-77(80)71-68-65-62-59-56-53-50-46-29-26-23-20-17-14-11-8-5-2/h7-12,16-21,25-29,31-32,34-35,37-38,40-41,43-44,47-50,53-55,57-58,74H,4-6,13-15,22-24,30,33,36,39,42,45-46,51-52,56,59-73H2,1-3H3/b10-7-,11-8-,12-9-,19-16-,20-17-,21-18-,28-25-,29-26-,32-31-,35-34-,38-37-,41-40-,44-43-,48-27-,49-47-,53-50-,57-54-,58-55-. The van der Waals surface area contributed by atoms with Crippen molar-refractivity contribution in [3.05, 3.63) is 219 Å². The molecule has 0 aromatic rings. The Balaban J connectivity index is 4.51. The number of hydrogen-bond donors (Lipinski definition) is 0. The largest absolute Gasteiger partial charge is 0.462 e. The molecule has 0 aromatic carbocycles. The fourth-order valence-electron chi connectivity index (χ4n) is 7.74. The Morgan fingerprint density at radius 1 is 0.241 bits per heavy atom. The van der Waals surface area contributed by atoms with Gasteiger partial charge in [0, 0.05) is 19.3 Å². The van der Waals surface area contributed by atoms with Crippen LogP contribution in [0.3, 0.4) is 0 Å². The third-order valence-corrected chi connectivity index (χ3v) is 12.5. The van der Waals surface area contributed by atoms with E-state index in [9.17, 15) is 14.4 Å². The van der Waals surface area contributed by atoms with Gasteiger partial charge in [0.25, 0.3) is 0 Å². The minimum Gasteiger partial charge on any atom is -0.462 e. The molecule has 0 N–H and O–H groups in total. The molecule has 1 atom stereocenters. The molecular weight excluding hydrogens is 1020 g/mol. The van der Waals surface area contributed by atoms with Gasteiger partial charge in [-0.1, -0.05) is 252 Å². The zero-order valence-corrected chi connectivity index (χ0v) is 52.4. The molecule has 0 aliphatic carbocycles. The first-order chi connectivity index (χ1) is 41.0. The summed E-state index contributed by atoms with van der Waals surface area (Å²) in [5.41, 5.74) is 0. The van der Waals surface area contributed by atoms with Crippen LogP contribution in [0.4, 0.5) is 0 Å². The summed E-state index contributed by atoms with van der Waals surface area (Å²) in [6.45, 7) is 6.18. The summed E-state index contributed by atoms with van der Waals surface area (Å²) in [7, 11) is 0. The van der Waals surface area contributed by atoms with Gasteiger partial charge in [-0.2, -0.15) is 0 Å². The molecule has 0 fully saturated rings. The van der Waals surface area contributed by atoms with Crippen LogP contribution in [0.25, 0.3) is 0 Å². The van der Waals surface area contributed by atoms with Crippen LogP contribution in [0, 0.1) is 0 Å². The number of carbonyl (C=O) groups is 3. The molecule has 6 heteroatoms. The fraction of sp³-hybridized carbons (Fsp3) is 0.494. The molecule has 0 spiro atoms. The predicted molar refractivity (Wildman–Crippen MR) is 361 cm³/mol. The van der Waals surface area contributed by atoms with Crippen LogP contribution in [0.5, 0.6) is 0 Å². The monoisotopic (exact) mass is 1130 g/mol. The van der Waals surface area contributed by atoms with Gasteiger partial charge in [-0.15, -0.1) is 0 Å². The second kappa shape index (κ2) is 68.2. The highest BCUT2D eigenvalue weighted by atomic mass is 16.6. The number of ether oxygens (including phenoxy) is 3. The minimum atomic E-state index is -0.842. The molecule has 0 saturated heterocycles. The molecule has 0 heterocycles. The van der Waals surface area contributed by atoms with Crippen LogP contribution in [-0.4, -0.2) is 37.2 Å². The topological polar surface area (TPSA) is 78.9 Å². The molecule has 0 radical (unpaired) electrons. The summed E-state index contributed by atoms with van der Waals surface area (Å²) >= 11 is 0. The molecular formula is C77H114O6. The Morgan fingerprint density at radius 2 is 0.434 bits per heavy atom. The average Bonchev–Trinajstić information content (AvgIpc) is 3.49. The normalized spacial score (nSPS) is 13.6. The van der Waals surface area contributed by atoms with E-state index < -0.39 is 6.10 Å². The first-order valence-electron chi connectivity index (χ1n) is 32.2. The molecule has 0 saturated carbocycles. The first-order valence-corrected chi connectivity index (χ1v) is 32.2. The average molecular weight is 1140 g/mol. The Kier molecular flexibility index (Phi) is 63.1. The van der Waals surface area contributed by atoms with Gasteiger partial charge in [-0.3, -0.25) is 14.4 Å². The van der Waals surface area contributed by atoms with E-state index in [2.05, 4.69) is 240 Å². The van der Waals surface area contributed by atoms with Gasteiger partial charge in [-0.05, 0) is 173 Å². The SMILES string of the molecule is CC/C=C\C/C=C\C/C=C\C/C=C\C/C=C\C/C=C\C/C=C\C/C=C\C/C=C\C/C=C\CCCCC(=O)OCC(COC(=O)CCCC/C=C\C/C=C\C/C=C\C/C=C\CC)OC(=O)CCCCCC/C=C\C/C=C\C/C=C\C/C=C\CC. The number of allylic oxidation sites excluding steroid dienone is 36. The van der Waals surface area contributed by atoms with Crippen molar-refractivity contribution >= 4 is 17.9 Å². The lowest BCUT2D eigenvalue weighted by Crippen LogP contribution is -2.30. The second-order valence-corrected chi connectivity index (χ2v) is 20.2. The number of carbonyl (C=O) groups excluding carboxylic acids is 3. The van der Waals surface area contributed by atoms with Gasteiger partial charge in [0.2, 0.25) is 0 Å². The fourth-order valence-corrected chi connectivity index (χ4v) is 7.74. The Hall–Kier alpha value is -6.27. The third-order valence-electron chi connectivity index (χ3n) is 12.5. The van der Waals surface area contributed by atoms with Crippen molar-refractivity contribution in [3.63, 3.8) is 0 Å². The lowest BCUT2D eigenvalue weighted by molar-refractivity contribution is -0.167. The first kappa shape index (κ1) is 76.7. The van der Waals surface area contributed by atoms with E-state index in [-0.39, 0.29) is 50.4 Å². The minimum absolute atomic E-state index is 0.136. The van der Waals surface area contributed by atoms with Crippen LogP contribution in [0.2, 0.25) is 0 Å². The van der Waals surface area contributed by atoms with Crippen LogP contribution in [0.1, 0.15) is 226 Å². The molecule has 6 nitrogen and oxygen atoms in total. The summed E-state index contributed by atoms with van der Waals surface area (Å²) in [4.78, 5) is 38.3. The van der Waals surface area contributed by atoms with Gasteiger partial charge in [-0.25, -0.2) is 0 Å². The molecule has 1 unspecified atom stereocenters. The van der Waals surface area contributed by atoms with E-state index >= 15 is 0 Å². The highest BCUT2D eigenvalue weighted by Gasteiger charge is 2.19. The van der Waals surface area contributed by atoms with E-state index in [4.69, 9.17) is 14.2 Å². The molecule has 0 aromatic heterocycles. The number of unbranched alkanes of at least 4 members (excludes halogenated alkanes) is 8. The lowest BCUT2D eigenvalue weighted by atomic mass is 10.1. The van der Waals surface area contributed by atoms with Crippen molar-refractivity contribution in [2.24, 2.45) is 0 Å². The number of rotatable bonds is 55. The summed E-state index contributed by atoms with van der Waals surface area (Å²) in [6, 6.07) is 0. The van der Waals surface area contributed by atoms with E-state index in [0.29, 0.717) is 19.3 Å². The van der Waals surface area contributed by atoms with Gasteiger partial charge in [0.1, 0.15) is 13.2 Å². The highest BCUT2D eigenvalue weighted by molar-refractivity contribution is 5.71. The quantitative estimate of drug-likeness (QED) is 0.0261. The van der Waals surface area contributed by atoms with Gasteiger partial charge < -0.3 is 14.2 Å². The van der Waals surface area contributed by atoms with Crippen LogP contribution in [0.15, 0.2) is 219 Å². The molecule has 83 heavy (non-hydrogen) atoms. The van der Waals surface area contributed by atoms with E-state index in [1.165, 1.54) is 0 Å². The molecule has 0 aliphatic rings. The Bertz CT molecular complexity index is 2080. The number of hydrogen-bond acceptors (Lipinski definition) is 6. The lowest BCUT2D eigenvalue weighted by Gasteiger charge is -2.18. The smallest absolute Gasteiger partial charge is 0.306 e. The molecule has 0 amide bonds. The van der Waals surface area contributed by atoms with E-state index in [1.807, 2.05) is 0 Å². The second-order valence-electron chi connectivity index (χ2n) is 20.2. The molecule has 458 valence electrons. The summed E-state index contributed by atoms with van der Waals surface area (Å²) < 4.78 is 16.8. The van der Waals surface area contributed by atoms with Crippen molar-refractivity contribution < 1.29 is 28.6 Å². The van der Waals surface area contributed by atoms with Gasteiger partial charge >= 0.3 is 17.9 Å². The van der Waals surface area contributed by atoms with E-state index in [1.54, 1.807) is 0 Å². The Morgan fingerprint density at radius 3 is 0.687 bits per heavy atom. The van der Waals surface area contributed by atoms with Crippen LogP contribution >= 0.6 is 0 Å². The van der Waals surface area contributed by atoms with E-state index in [0.717, 1.165) is 167 Å². The molecule has 0 rings (SSSR count). The zero-order chi connectivity index (χ0) is 59.9. The van der Waals surface area contributed by atoms with Crippen LogP contribution < -0.4 is 0 Å². The summed E-state index contributed by atoms with van der Waals surface area (Å²) in [5, 5.41) is 0. The Labute approximate surface area is 508 Å².